The number of unbranched alkanes of at least 4 members (excludes halogenated alkanes) is 4. The second kappa shape index (κ2) is 13.9. The molecular formula is C24H36N2O3. The van der Waals surface area contributed by atoms with Crippen LogP contribution in [0, 0.1) is 5.92 Å². The van der Waals surface area contributed by atoms with Gasteiger partial charge in [0.1, 0.15) is 5.75 Å². The Morgan fingerprint density at radius 2 is 1.55 bits per heavy atom. The topological polar surface area (TPSA) is 53.5 Å². The van der Waals surface area contributed by atoms with Crippen LogP contribution in [0.3, 0.4) is 0 Å². The molecule has 1 unspecified atom stereocenters. The predicted molar refractivity (Wildman–Crippen MR) is 117 cm³/mol. The zero-order valence-corrected chi connectivity index (χ0v) is 18.2. The zero-order chi connectivity index (χ0) is 20.7. The standard InChI is InChI=1S/C24H36N2O3/c1-4-6-7-8-9-15-27-19-29-23-17-25-24(26-18-23)21-10-12-22(13-11-21)28-16-14-20(3)5-2/h10-13,17-18,20H,4-9,14-16,19H2,1-3H3. The summed E-state index contributed by atoms with van der Waals surface area (Å²) in [6.07, 6.45) is 11.8. The molecule has 1 heterocycles. The molecule has 2 rings (SSSR count). The van der Waals surface area contributed by atoms with Crippen molar-refractivity contribution in [2.24, 2.45) is 5.92 Å². The Bertz CT molecular complexity index is 659. The van der Waals surface area contributed by atoms with Gasteiger partial charge in [0.25, 0.3) is 0 Å². The number of hydrogen-bond acceptors (Lipinski definition) is 5. The molecule has 5 nitrogen and oxygen atoms in total. The molecule has 1 aromatic heterocycles. The highest BCUT2D eigenvalue weighted by atomic mass is 16.7. The van der Waals surface area contributed by atoms with Gasteiger partial charge in [0.2, 0.25) is 0 Å². The fraction of sp³-hybridized carbons (Fsp3) is 0.583. The lowest BCUT2D eigenvalue weighted by atomic mass is 10.1. The first kappa shape index (κ1) is 23.1. The lowest BCUT2D eigenvalue weighted by Gasteiger charge is -2.10. The summed E-state index contributed by atoms with van der Waals surface area (Å²) in [6, 6.07) is 7.90. The third-order valence-corrected chi connectivity index (χ3v) is 5.02. The number of aromatic nitrogens is 2. The monoisotopic (exact) mass is 400 g/mol. The smallest absolute Gasteiger partial charge is 0.189 e. The van der Waals surface area contributed by atoms with Crippen LogP contribution in [0.4, 0.5) is 0 Å². The van der Waals surface area contributed by atoms with E-state index in [1.807, 2.05) is 24.3 Å². The van der Waals surface area contributed by atoms with E-state index in [0.29, 0.717) is 17.5 Å². The third kappa shape index (κ3) is 9.27. The summed E-state index contributed by atoms with van der Waals surface area (Å²) in [4.78, 5) is 8.78. The first-order chi connectivity index (χ1) is 14.2. The van der Waals surface area contributed by atoms with E-state index in [-0.39, 0.29) is 6.79 Å². The molecule has 0 aliphatic carbocycles. The second-order valence-corrected chi connectivity index (χ2v) is 7.50. The summed E-state index contributed by atoms with van der Waals surface area (Å²) in [7, 11) is 0. The molecule has 2 aromatic rings. The van der Waals surface area contributed by atoms with Crippen LogP contribution in [0.1, 0.15) is 65.7 Å². The highest BCUT2D eigenvalue weighted by Crippen LogP contribution is 2.21. The van der Waals surface area contributed by atoms with Gasteiger partial charge >= 0.3 is 0 Å². The van der Waals surface area contributed by atoms with Crippen molar-refractivity contribution >= 4 is 0 Å². The summed E-state index contributed by atoms with van der Waals surface area (Å²) in [5.41, 5.74) is 0.953. The van der Waals surface area contributed by atoms with Gasteiger partial charge in [-0.2, -0.15) is 0 Å². The first-order valence-electron chi connectivity index (χ1n) is 11.0. The number of nitrogens with zero attached hydrogens (tertiary/aromatic N) is 2. The average Bonchev–Trinajstić information content (AvgIpc) is 2.76. The molecule has 0 aliphatic heterocycles. The SMILES string of the molecule is CCCCCCCOCOc1cnc(-c2ccc(OCCC(C)CC)cc2)nc1. The molecule has 29 heavy (non-hydrogen) atoms. The van der Waals surface area contributed by atoms with Gasteiger partial charge in [0.15, 0.2) is 18.4 Å². The van der Waals surface area contributed by atoms with Crippen LogP contribution in [0.25, 0.3) is 11.4 Å². The third-order valence-electron chi connectivity index (χ3n) is 5.02. The van der Waals surface area contributed by atoms with E-state index in [2.05, 4.69) is 30.7 Å². The zero-order valence-electron chi connectivity index (χ0n) is 18.2. The van der Waals surface area contributed by atoms with Crippen LogP contribution < -0.4 is 9.47 Å². The first-order valence-corrected chi connectivity index (χ1v) is 11.0. The van der Waals surface area contributed by atoms with Gasteiger partial charge in [0, 0.05) is 5.56 Å². The van der Waals surface area contributed by atoms with Crippen molar-refractivity contribution in [1.29, 1.82) is 0 Å². The molecule has 1 aromatic carbocycles. The lowest BCUT2D eigenvalue weighted by molar-refractivity contribution is 0.0131. The van der Waals surface area contributed by atoms with Crippen LogP contribution in [-0.4, -0.2) is 30.0 Å². The van der Waals surface area contributed by atoms with Gasteiger partial charge < -0.3 is 14.2 Å². The number of ether oxygens (including phenoxy) is 3. The highest BCUT2D eigenvalue weighted by Gasteiger charge is 2.04. The van der Waals surface area contributed by atoms with Crippen molar-refractivity contribution in [3.05, 3.63) is 36.7 Å². The quantitative estimate of drug-likeness (QED) is 0.260. The molecule has 0 N–H and O–H groups in total. The Morgan fingerprint density at radius 1 is 0.828 bits per heavy atom. The minimum atomic E-state index is 0.235. The fourth-order valence-corrected chi connectivity index (χ4v) is 2.80. The van der Waals surface area contributed by atoms with Crippen LogP contribution in [0.2, 0.25) is 0 Å². The molecule has 0 aliphatic rings. The summed E-state index contributed by atoms with van der Waals surface area (Å²) in [6.45, 7) is 8.39. The summed E-state index contributed by atoms with van der Waals surface area (Å²) in [5.74, 6) is 2.86. The van der Waals surface area contributed by atoms with Crippen molar-refractivity contribution < 1.29 is 14.2 Å². The van der Waals surface area contributed by atoms with E-state index in [1.165, 1.54) is 32.1 Å². The number of benzene rings is 1. The molecule has 0 radical (unpaired) electrons. The molecule has 0 spiro atoms. The highest BCUT2D eigenvalue weighted by molar-refractivity contribution is 5.56. The van der Waals surface area contributed by atoms with Crippen molar-refractivity contribution in [2.75, 3.05) is 20.0 Å². The fourth-order valence-electron chi connectivity index (χ4n) is 2.80. The molecular weight excluding hydrogens is 364 g/mol. The van der Waals surface area contributed by atoms with Gasteiger partial charge in [-0.25, -0.2) is 9.97 Å². The summed E-state index contributed by atoms with van der Waals surface area (Å²) >= 11 is 0. The lowest BCUT2D eigenvalue weighted by Crippen LogP contribution is -2.05. The van der Waals surface area contributed by atoms with Gasteiger partial charge in [-0.05, 0) is 43.0 Å². The Labute approximate surface area is 175 Å². The second-order valence-electron chi connectivity index (χ2n) is 7.50. The molecule has 1 atom stereocenters. The van der Waals surface area contributed by atoms with Crippen molar-refractivity contribution in [3.63, 3.8) is 0 Å². The Kier molecular flexibility index (Phi) is 11.1. The van der Waals surface area contributed by atoms with E-state index in [9.17, 15) is 0 Å². The predicted octanol–water partition coefficient (Wildman–Crippen LogP) is 6.28. The van der Waals surface area contributed by atoms with Crippen molar-refractivity contribution in [1.82, 2.24) is 9.97 Å². The summed E-state index contributed by atoms with van der Waals surface area (Å²) in [5, 5.41) is 0. The molecule has 5 heteroatoms. The maximum absolute atomic E-state index is 5.81. The Balaban J connectivity index is 1.69. The van der Waals surface area contributed by atoms with E-state index in [0.717, 1.165) is 37.4 Å². The minimum absolute atomic E-state index is 0.235. The largest absolute Gasteiger partial charge is 0.494 e. The van der Waals surface area contributed by atoms with E-state index < -0.39 is 0 Å². The van der Waals surface area contributed by atoms with E-state index in [1.54, 1.807) is 12.4 Å². The number of hydrogen-bond donors (Lipinski definition) is 0. The molecule has 0 saturated carbocycles. The minimum Gasteiger partial charge on any atom is -0.494 e. The van der Waals surface area contributed by atoms with Crippen molar-refractivity contribution in [2.45, 2.75) is 65.7 Å². The van der Waals surface area contributed by atoms with Gasteiger partial charge in [0.05, 0.1) is 25.6 Å². The molecule has 0 fully saturated rings. The maximum atomic E-state index is 5.81. The van der Waals surface area contributed by atoms with Gasteiger partial charge in [-0.15, -0.1) is 0 Å². The number of rotatable bonds is 15. The van der Waals surface area contributed by atoms with Crippen LogP contribution >= 0.6 is 0 Å². The van der Waals surface area contributed by atoms with E-state index >= 15 is 0 Å². The molecule has 0 saturated heterocycles. The normalized spacial score (nSPS) is 12.0. The van der Waals surface area contributed by atoms with Gasteiger partial charge in [-0.1, -0.05) is 52.9 Å². The van der Waals surface area contributed by atoms with Crippen LogP contribution in [-0.2, 0) is 4.74 Å². The maximum Gasteiger partial charge on any atom is 0.189 e. The van der Waals surface area contributed by atoms with Crippen molar-refractivity contribution in [3.8, 4) is 22.9 Å². The molecule has 0 bridgehead atoms. The van der Waals surface area contributed by atoms with Crippen LogP contribution in [0.15, 0.2) is 36.7 Å². The van der Waals surface area contributed by atoms with E-state index in [4.69, 9.17) is 14.2 Å². The Hall–Kier alpha value is -2.14. The summed E-state index contributed by atoms with van der Waals surface area (Å²) < 4.78 is 16.9. The van der Waals surface area contributed by atoms with Crippen LogP contribution in [0.5, 0.6) is 11.5 Å². The average molecular weight is 401 g/mol. The Morgan fingerprint density at radius 3 is 2.24 bits per heavy atom. The molecule has 160 valence electrons. The van der Waals surface area contributed by atoms with Gasteiger partial charge in [-0.3, -0.25) is 0 Å². The molecule has 0 amide bonds.